The van der Waals surface area contributed by atoms with Crippen molar-refractivity contribution in [2.24, 2.45) is 0 Å². The molecule has 106 valence electrons. The summed E-state index contributed by atoms with van der Waals surface area (Å²) >= 11 is 3.29. The van der Waals surface area contributed by atoms with Gasteiger partial charge in [-0.1, -0.05) is 28.1 Å². The molecule has 0 unspecified atom stereocenters. The van der Waals surface area contributed by atoms with Crippen molar-refractivity contribution in [3.05, 3.63) is 46.4 Å². The molecule has 1 N–H and O–H groups in total. The molecular weight excluding hydrogens is 333 g/mol. The van der Waals surface area contributed by atoms with Crippen LogP contribution in [-0.4, -0.2) is 11.5 Å². The number of hydrogen-bond acceptors (Lipinski definition) is 2. The summed E-state index contributed by atoms with van der Waals surface area (Å²) in [5, 5.41) is 2.82. The van der Waals surface area contributed by atoms with E-state index in [2.05, 4.69) is 26.2 Å². The third-order valence-electron chi connectivity index (χ3n) is 2.65. The summed E-state index contributed by atoms with van der Waals surface area (Å²) in [6.45, 7) is 2.31. The smallest absolute Gasteiger partial charge is 0.370 e. The van der Waals surface area contributed by atoms with E-state index in [9.17, 15) is 13.2 Å². The highest BCUT2D eigenvalue weighted by Gasteiger charge is 2.31. The Labute approximate surface area is 123 Å². The third-order valence-corrected chi connectivity index (χ3v) is 3.18. The summed E-state index contributed by atoms with van der Waals surface area (Å²) in [4.78, 5) is 4.21. The molecule has 0 aliphatic carbocycles. The molecule has 0 amide bonds. The van der Waals surface area contributed by atoms with E-state index in [0.717, 1.165) is 16.6 Å². The average molecular weight is 345 g/mol. The maximum absolute atomic E-state index is 12.9. The van der Waals surface area contributed by atoms with Gasteiger partial charge in [-0.25, -0.2) is 4.98 Å². The van der Waals surface area contributed by atoms with Gasteiger partial charge in [0.15, 0.2) is 0 Å². The summed E-state index contributed by atoms with van der Waals surface area (Å²) in [5.74, 6) is 0.222. The van der Waals surface area contributed by atoms with E-state index in [0.29, 0.717) is 17.8 Å². The second-order valence-corrected chi connectivity index (χ2v) is 5.08. The van der Waals surface area contributed by atoms with Crippen molar-refractivity contribution in [2.45, 2.75) is 13.1 Å². The molecule has 2 nitrogen and oxygen atoms in total. The van der Waals surface area contributed by atoms with E-state index in [-0.39, 0.29) is 5.82 Å². The van der Waals surface area contributed by atoms with Crippen molar-refractivity contribution in [1.82, 2.24) is 4.98 Å². The van der Waals surface area contributed by atoms with Crippen LogP contribution in [0, 0.1) is 0 Å². The van der Waals surface area contributed by atoms with Gasteiger partial charge in [0.05, 0.1) is 11.3 Å². The highest BCUT2D eigenvalue weighted by atomic mass is 79.9. The van der Waals surface area contributed by atoms with Gasteiger partial charge in [-0.3, -0.25) is 0 Å². The van der Waals surface area contributed by atoms with Crippen LogP contribution in [0.4, 0.5) is 19.0 Å². The SMILES string of the molecule is CCNc1cc(C(F)(F)F)cc(-c2ccc(Br)cc2)n1. The zero-order chi connectivity index (χ0) is 14.8. The summed E-state index contributed by atoms with van der Waals surface area (Å²) in [6.07, 6.45) is -4.39. The van der Waals surface area contributed by atoms with Crippen molar-refractivity contribution in [1.29, 1.82) is 0 Å². The van der Waals surface area contributed by atoms with Crippen LogP contribution in [0.3, 0.4) is 0 Å². The molecule has 0 spiro atoms. The van der Waals surface area contributed by atoms with Crippen molar-refractivity contribution in [2.75, 3.05) is 11.9 Å². The Hall–Kier alpha value is -1.56. The third kappa shape index (κ3) is 3.50. The Balaban J connectivity index is 2.51. The zero-order valence-corrected chi connectivity index (χ0v) is 12.2. The molecule has 0 saturated carbocycles. The molecule has 2 rings (SSSR count). The fourth-order valence-corrected chi connectivity index (χ4v) is 2.00. The normalized spacial score (nSPS) is 11.4. The van der Waals surface area contributed by atoms with E-state index in [1.165, 1.54) is 0 Å². The molecule has 1 aromatic heterocycles. The number of nitrogens with zero attached hydrogens (tertiary/aromatic N) is 1. The van der Waals surface area contributed by atoms with Gasteiger partial charge in [0.2, 0.25) is 0 Å². The number of nitrogens with one attached hydrogen (secondary N) is 1. The predicted octanol–water partition coefficient (Wildman–Crippen LogP) is 4.96. The molecule has 1 heterocycles. The summed E-state index contributed by atoms with van der Waals surface area (Å²) in [5.41, 5.74) is 0.225. The number of alkyl halides is 3. The molecule has 0 aliphatic rings. The van der Waals surface area contributed by atoms with Crippen molar-refractivity contribution in [3.63, 3.8) is 0 Å². The molecule has 1 aromatic carbocycles. The lowest BCUT2D eigenvalue weighted by Gasteiger charge is -2.12. The van der Waals surface area contributed by atoms with Crippen molar-refractivity contribution in [3.8, 4) is 11.3 Å². The molecular formula is C14H12BrF3N2. The van der Waals surface area contributed by atoms with Gasteiger partial charge >= 0.3 is 6.18 Å². The molecule has 2 aromatic rings. The van der Waals surface area contributed by atoms with Crippen LogP contribution >= 0.6 is 15.9 Å². The molecule has 0 bridgehead atoms. The van der Waals surface area contributed by atoms with Gasteiger partial charge < -0.3 is 5.32 Å². The minimum atomic E-state index is -4.39. The highest BCUT2D eigenvalue weighted by molar-refractivity contribution is 9.10. The molecule has 0 fully saturated rings. The van der Waals surface area contributed by atoms with E-state index in [4.69, 9.17) is 0 Å². The fourth-order valence-electron chi connectivity index (χ4n) is 1.73. The van der Waals surface area contributed by atoms with Crippen molar-refractivity contribution >= 4 is 21.7 Å². The van der Waals surface area contributed by atoms with E-state index in [1.807, 2.05) is 0 Å². The lowest BCUT2D eigenvalue weighted by Crippen LogP contribution is -2.08. The zero-order valence-electron chi connectivity index (χ0n) is 10.6. The van der Waals surface area contributed by atoms with Crippen LogP contribution in [-0.2, 0) is 6.18 Å². The Kier molecular flexibility index (Phi) is 4.32. The lowest BCUT2D eigenvalue weighted by atomic mass is 10.1. The first-order chi connectivity index (χ1) is 9.40. The van der Waals surface area contributed by atoms with Crippen LogP contribution in [0.15, 0.2) is 40.9 Å². The summed E-state index contributed by atoms with van der Waals surface area (Å²) in [7, 11) is 0. The minimum absolute atomic E-state index is 0.222. The van der Waals surface area contributed by atoms with Gasteiger partial charge in [0, 0.05) is 16.6 Å². The first-order valence-electron chi connectivity index (χ1n) is 5.99. The van der Waals surface area contributed by atoms with Gasteiger partial charge in [-0.15, -0.1) is 0 Å². The standard InChI is InChI=1S/C14H12BrF3N2/c1-2-19-13-8-10(14(16,17)18)7-12(20-13)9-3-5-11(15)6-4-9/h3-8H,2H2,1H3,(H,19,20). The van der Waals surface area contributed by atoms with Crippen LogP contribution in [0.1, 0.15) is 12.5 Å². The van der Waals surface area contributed by atoms with Gasteiger partial charge in [-0.2, -0.15) is 13.2 Å². The first kappa shape index (κ1) is 14.8. The number of benzene rings is 1. The maximum Gasteiger partial charge on any atom is 0.416 e. The predicted molar refractivity (Wildman–Crippen MR) is 76.5 cm³/mol. The molecule has 0 aliphatic heterocycles. The molecule has 0 saturated heterocycles. The van der Waals surface area contributed by atoms with Gasteiger partial charge in [-0.05, 0) is 31.2 Å². The average Bonchev–Trinajstić information content (AvgIpc) is 2.38. The molecule has 0 radical (unpaired) electrons. The highest BCUT2D eigenvalue weighted by Crippen LogP contribution is 2.33. The quantitative estimate of drug-likeness (QED) is 0.850. The van der Waals surface area contributed by atoms with Crippen LogP contribution in [0.5, 0.6) is 0 Å². The maximum atomic E-state index is 12.9. The number of aromatic nitrogens is 1. The Bertz CT molecular complexity index is 594. The Morgan fingerprint density at radius 2 is 1.80 bits per heavy atom. The van der Waals surface area contributed by atoms with Gasteiger partial charge in [0.25, 0.3) is 0 Å². The second kappa shape index (κ2) is 5.83. The summed E-state index contributed by atoms with van der Waals surface area (Å²) in [6, 6.07) is 9.06. The van der Waals surface area contributed by atoms with E-state index >= 15 is 0 Å². The van der Waals surface area contributed by atoms with Crippen molar-refractivity contribution < 1.29 is 13.2 Å². The summed E-state index contributed by atoms with van der Waals surface area (Å²) < 4.78 is 39.6. The van der Waals surface area contributed by atoms with E-state index < -0.39 is 11.7 Å². The largest absolute Gasteiger partial charge is 0.416 e. The number of pyridine rings is 1. The topological polar surface area (TPSA) is 24.9 Å². The van der Waals surface area contributed by atoms with Crippen LogP contribution < -0.4 is 5.32 Å². The molecule has 6 heteroatoms. The number of anilines is 1. The fraction of sp³-hybridized carbons (Fsp3) is 0.214. The monoisotopic (exact) mass is 344 g/mol. The molecule has 20 heavy (non-hydrogen) atoms. The molecule has 0 atom stereocenters. The lowest BCUT2D eigenvalue weighted by molar-refractivity contribution is -0.137. The van der Waals surface area contributed by atoms with E-state index in [1.54, 1.807) is 31.2 Å². The Morgan fingerprint density at radius 1 is 1.15 bits per heavy atom. The van der Waals surface area contributed by atoms with Crippen LogP contribution in [0.2, 0.25) is 0 Å². The Morgan fingerprint density at radius 3 is 2.35 bits per heavy atom. The minimum Gasteiger partial charge on any atom is -0.370 e. The number of halogens is 4. The second-order valence-electron chi connectivity index (χ2n) is 4.16. The first-order valence-corrected chi connectivity index (χ1v) is 6.78. The number of rotatable bonds is 3. The van der Waals surface area contributed by atoms with Crippen LogP contribution in [0.25, 0.3) is 11.3 Å². The number of hydrogen-bond donors (Lipinski definition) is 1. The van der Waals surface area contributed by atoms with Gasteiger partial charge in [0.1, 0.15) is 5.82 Å².